The fraction of sp³-hybridized carbons (Fsp3) is 0.545. The molecule has 0 aromatic carbocycles. The highest BCUT2D eigenvalue weighted by atomic mass is 16.5. The van der Waals surface area contributed by atoms with E-state index in [0.717, 1.165) is 19.3 Å². The van der Waals surface area contributed by atoms with Crippen LogP contribution in [0.15, 0.2) is 24.8 Å². The van der Waals surface area contributed by atoms with Crippen LogP contribution < -0.4 is 0 Å². The number of rotatable bonds is 2. The fourth-order valence-corrected chi connectivity index (χ4v) is 1.42. The SMILES string of the molecule is C=CC(=O)OC1/C=C\CCCCC1. The molecule has 1 atom stereocenters. The summed E-state index contributed by atoms with van der Waals surface area (Å²) in [7, 11) is 0. The van der Waals surface area contributed by atoms with E-state index in [1.165, 1.54) is 18.9 Å². The Kier molecular flexibility index (Phi) is 4.30. The average Bonchev–Trinajstić information content (AvgIpc) is 2.09. The number of allylic oxidation sites excluding steroid dienone is 1. The van der Waals surface area contributed by atoms with E-state index in [2.05, 4.69) is 12.7 Å². The number of carbonyl (C=O) groups excluding carboxylic acids is 1. The van der Waals surface area contributed by atoms with Crippen LogP contribution in [0.3, 0.4) is 0 Å². The van der Waals surface area contributed by atoms with Crippen molar-refractivity contribution in [1.29, 1.82) is 0 Å². The number of hydrogen-bond donors (Lipinski definition) is 0. The van der Waals surface area contributed by atoms with Gasteiger partial charge in [-0.3, -0.25) is 0 Å². The Bertz CT molecular complexity index is 206. The largest absolute Gasteiger partial charge is 0.455 e. The fourth-order valence-electron chi connectivity index (χ4n) is 1.42. The van der Waals surface area contributed by atoms with Gasteiger partial charge in [0, 0.05) is 6.08 Å². The summed E-state index contributed by atoms with van der Waals surface area (Å²) in [6.45, 7) is 3.37. The molecule has 0 heterocycles. The van der Waals surface area contributed by atoms with Gasteiger partial charge in [-0.25, -0.2) is 4.79 Å². The Balaban J connectivity index is 2.41. The van der Waals surface area contributed by atoms with Gasteiger partial charge in [0.2, 0.25) is 0 Å². The molecule has 72 valence electrons. The molecule has 1 aliphatic rings. The van der Waals surface area contributed by atoms with E-state index in [1.807, 2.05) is 6.08 Å². The third-order valence-corrected chi connectivity index (χ3v) is 2.14. The van der Waals surface area contributed by atoms with Crippen LogP contribution in [0.5, 0.6) is 0 Å². The van der Waals surface area contributed by atoms with Gasteiger partial charge >= 0.3 is 5.97 Å². The van der Waals surface area contributed by atoms with Gasteiger partial charge in [0.1, 0.15) is 6.10 Å². The number of ether oxygens (including phenoxy) is 1. The molecule has 13 heavy (non-hydrogen) atoms. The molecule has 1 unspecified atom stereocenters. The molecular weight excluding hydrogens is 164 g/mol. The van der Waals surface area contributed by atoms with Crippen LogP contribution in [0.2, 0.25) is 0 Å². The first-order chi connectivity index (χ1) is 6.33. The second-order valence-electron chi connectivity index (χ2n) is 3.25. The van der Waals surface area contributed by atoms with Gasteiger partial charge in [-0.15, -0.1) is 0 Å². The molecule has 2 heteroatoms. The molecule has 0 aromatic rings. The molecular formula is C11H16O2. The van der Waals surface area contributed by atoms with Gasteiger partial charge in [-0.05, 0) is 31.8 Å². The molecule has 0 saturated carbocycles. The van der Waals surface area contributed by atoms with Crippen molar-refractivity contribution < 1.29 is 9.53 Å². The Morgan fingerprint density at radius 2 is 2.31 bits per heavy atom. The van der Waals surface area contributed by atoms with E-state index >= 15 is 0 Å². The van der Waals surface area contributed by atoms with Crippen LogP contribution in [-0.2, 0) is 9.53 Å². The molecule has 2 nitrogen and oxygen atoms in total. The summed E-state index contributed by atoms with van der Waals surface area (Å²) in [5.74, 6) is -0.324. The summed E-state index contributed by atoms with van der Waals surface area (Å²) in [5, 5.41) is 0. The zero-order chi connectivity index (χ0) is 9.52. The Hall–Kier alpha value is -1.05. The molecule has 0 radical (unpaired) electrons. The minimum Gasteiger partial charge on any atom is -0.455 e. The first kappa shape index (κ1) is 10.0. The minimum absolute atomic E-state index is 0.0363. The maximum atomic E-state index is 10.9. The Morgan fingerprint density at radius 1 is 1.46 bits per heavy atom. The second-order valence-corrected chi connectivity index (χ2v) is 3.25. The van der Waals surface area contributed by atoms with Crippen LogP contribution in [0.25, 0.3) is 0 Å². The summed E-state index contributed by atoms with van der Waals surface area (Å²) < 4.78 is 5.13. The van der Waals surface area contributed by atoms with Crippen molar-refractivity contribution in [1.82, 2.24) is 0 Å². The van der Waals surface area contributed by atoms with E-state index in [9.17, 15) is 4.79 Å². The van der Waals surface area contributed by atoms with Crippen molar-refractivity contribution in [3.63, 3.8) is 0 Å². The van der Waals surface area contributed by atoms with Crippen LogP contribution in [0.1, 0.15) is 32.1 Å². The Labute approximate surface area is 79.3 Å². The second kappa shape index (κ2) is 5.57. The highest BCUT2D eigenvalue weighted by Gasteiger charge is 2.09. The maximum Gasteiger partial charge on any atom is 0.330 e. The normalized spacial score (nSPS) is 25.4. The van der Waals surface area contributed by atoms with Gasteiger partial charge in [0.05, 0.1) is 0 Å². The summed E-state index contributed by atoms with van der Waals surface area (Å²) >= 11 is 0. The molecule has 0 bridgehead atoms. The summed E-state index contributed by atoms with van der Waals surface area (Å²) in [6.07, 6.45) is 10.9. The topological polar surface area (TPSA) is 26.3 Å². The minimum atomic E-state index is -0.324. The lowest BCUT2D eigenvalue weighted by molar-refractivity contribution is -0.141. The monoisotopic (exact) mass is 180 g/mol. The average molecular weight is 180 g/mol. The highest BCUT2D eigenvalue weighted by molar-refractivity contribution is 5.81. The van der Waals surface area contributed by atoms with Crippen molar-refractivity contribution >= 4 is 5.97 Å². The first-order valence-corrected chi connectivity index (χ1v) is 4.82. The van der Waals surface area contributed by atoms with Crippen molar-refractivity contribution in [2.24, 2.45) is 0 Å². The Morgan fingerprint density at radius 3 is 3.08 bits per heavy atom. The molecule has 0 spiro atoms. The third-order valence-electron chi connectivity index (χ3n) is 2.14. The van der Waals surface area contributed by atoms with E-state index in [0.29, 0.717) is 0 Å². The summed E-state index contributed by atoms with van der Waals surface area (Å²) in [6, 6.07) is 0. The van der Waals surface area contributed by atoms with Crippen LogP contribution in [0, 0.1) is 0 Å². The zero-order valence-electron chi connectivity index (χ0n) is 7.87. The van der Waals surface area contributed by atoms with Gasteiger partial charge in [0.15, 0.2) is 0 Å². The van der Waals surface area contributed by atoms with Crippen molar-refractivity contribution in [3.05, 3.63) is 24.8 Å². The lowest BCUT2D eigenvalue weighted by Gasteiger charge is -2.14. The van der Waals surface area contributed by atoms with Crippen molar-refractivity contribution in [2.75, 3.05) is 0 Å². The number of hydrogen-bond acceptors (Lipinski definition) is 2. The maximum absolute atomic E-state index is 10.9. The molecule has 0 fully saturated rings. The quantitative estimate of drug-likeness (QED) is 0.371. The van der Waals surface area contributed by atoms with Gasteiger partial charge in [-0.1, -0.05) is 19.1 Å². The summed E-state index contributed by atoms with van der Waals surface area (Å²) in [5.41, 5.74) is 0. The van der Waals surface area contributed by atoms with E-state index in [-0.39, 0.29) is 12.1 Å². The molecule has 0 amide bonds. The third kappa shape index (κ3) is 3.92. The standard InChI is InChI=1S/C11H16O2/c1-2-11(12)13-10-8-6-4-3-5-7-9-10/h2,6,8,10H,1,3-5,7,9H2/b8-6-. The van der Waals surface area contributed by atoms with Crippen molar-refractivity contribution in [2.45, 2.75) is 38.2 Å². The van der Waals surface area contributed by atoms with Crippen LogP contribution >= 0.6 is 0 Å². The highest BCUT2D eigenvalue weighted by Crippen LogP contribution is 2.14. The molecule has 1 rings (SSSR count). The van der Waals surface area contributed by atoms with Crippen LogP contribution in [0.4, 0.5) is 0 Å². The summed E-state index contributed by atoms with van der Waals surface area (Å²) in [4.78, 5) is 10.9. The molecule has 0 N–H and O–H groups in total. The lowest BCUT2D eigenvalue weighted by atomic mass is 10.0. The van der Waals surface area contributed by atoms with Gasteiger partial charge in [-0.2, -0.15) is 0 Å². The predicted octanol–water partition coefficient (Wildman–Crippen LogP) is 2.60. The first-order valence-electron chi connectivity index (χ1n) is 4.82. The zero-order valence-corrected chi connectivity index (χ0v) is 7.87. The van der Waals surface area contributed by atoms with E-state index < -0.39 is 0 Å². The van der Waals surface area contributed by atoms with Gasteiger partial charge < -0.3 is 4.74 Å². The number of esters is 1. The predicted molar refractivity (Wildman–Crippen MR) is 52.3 cm³/mol. The van der Waals surface area contributed by atoms with Crippen molar-refractivity contribution in [3.8, 4) is 0 Å². The number of carbonyl (C=O) groups is 1. The molecule has 0 aromatic heterocycles. The molecule has 1 aliphatic carbocycles. The molecule has 0 aliphatic heterocycles. The molecule has 0 saturated heterocycles. The lowest BCUT2D eigenvalue weighted by Crippen LogP contribution is -2.14. The van der Waals surface area contributed by atoms with E-state index in [1.54, 1.807) is 0 Å². The van der Waals surface area contributed by atoms with Gasteiger partial charge in [0.25, 0.3) is 0 Å². The van der Waals surface area contributed by atoms with Crippen LogP contribution in [-0.4, -0.2) is 12.1 Å². The van der Waals surface area contributed by atoms with E-state index in [4.69, 9.17) is 4.74 Å². The smallest absolute Gasteiger partial charge is 0.330 e.